The Morgan fingerprint density at radius 3 is 1.56 bits per heavy atom. The molecule has 0 unspecified atom stereocenters. The van der Waals surface area contributed by atoms with Crippen molar-refractivity contribution in [2.45, 2.75) is 13.8 Å². The second-order valence-electron chi connectivity index (χ2n) is 3.00. The number of rotatable bonds is 6. The van der Waals surface area contributed by atoms with E-state index in [-0.39, 0.29) is 0 Å². The summed E-state index contributed by atoms with van der Waals surface area (Å²) < 4.78 is 10.7. The monoisotopic (exact) mass is 222 g/mol. The molecule has 1 aromatic carbocycles. The highest BCUT2D eigenvalue weighted by atomic mass is 16.5. The largest absolute Gasteiger partial charge is 0.489 e. The summed E-state index contributed by atoms with van der Waals surface area (Å²) in [7, 11) is 0. The summed E-state index contributed by atoms with van der Waals surface area (Å²) in [6, 6.07) is 3.09. The van der Waals surface area contributed by atoms with Gasteiger partial charge in [0, 0.05) is 0 Å². The first-order chi connectivity index (χ1) is 7.78. The lowest BCUT2D eigenvalue weighted by Crippen LogP contribution is -2.04. The van der Waals surface area contributed by atoms with Gasteiger partial charge in [0.25, 0.3) is 0 Å². The van der Waals surface area contributed by atoms with Crippen LogP contribution in [0, 0.1) is 0 Å². The van der Waals surface area contributed by atoms with Crippen molar-refractivity contribution < 1.29 is 19.1 Å². The molecule has 0 aliphatic carbocycles. The van der Waals surface area contributed by atoms with E-state index in [0.717, 1.165) is 0 Å². The number of ether oxygens (including phenoxy) is 2. The van der Waals surface area contributed by atoms with Gasteiger partial charge in [-0.3, -0.25) is 9.59 Å². The lowest BCUT2D eigenvalue weighted by atomic mass is 10.1. The van der Waals surface area contributed by atoms with E-state index < -0.39 is 0 Å². The maximum atomic E-state index is 10.8. The average Bonchev–Trinajstić information content (AvgIpc) is 2.31. The first-order valence-corrected chi connectivity index (χ1v) is 5.11. The maximum absolute atomic E-state index is 10.8. The van der Waals surface area contributed by atoms with Gasteiger partial charge in [-0.15, -0.1) is 0 Å². The molecule has 0 amide bonds. The standard InChI is InChI=1S/C12H14O4/c1-3-15-11-9(7-13)5-6-10(8-14)12(11)16-4-2/h5-8H,3-4H2,1-2H3. The van der Waals surface area contributed by atoms with E-state index in [4.69, 9.17) is 9.47 Å². The lowest BCUT2D eigenvalue weighted by Gasteiger charge is -2.14. The first-order valence-electron chi connectivity index (χ1n) is 5.11. The minimum atomic E-state index is 0.337. The van der Waals surface area contributed by atoms with E-state index >= 15 is 0 Å². The van der Waals surface area contributed by atoms with Crippen LogP contribution in [0.25, 0.3) is 0 Å². The van der Waals surface area contributed by atoms with Crippen LogP contribution in [-0.2, 0) is 0 Å². The fourth-order valence-electron chi connectivity index (χ4n) is 1.37. The van der Waals surface area contributed by atoms with Crippen LogP contribution < -0.4 is 9.47 Å². The van der Waals surface area contributed by atoms with Gasteiger partial charge < -0.3 is 9.47 Å². The predicted octanol–water partition coefficient (Wildman–Crippen LogP) is 2.11. The molecule has 4 heteroatoms. The zero-order valence-corrected chi connectivity index (χ0v) is 9.36. The number of benzene rings is 1. The van der Waals surface area contributed by atoms with Crippen molar-refractivity contribution in [2.24, 2.45) is 0 Å². The summed E-state index contributed by atoms with van der Waals surface area (Å²) in [4.78, 5) is 21.7. The highest BCUT2D eigenvalue weighted by Gasteiger charge is 2.15. The molecule has 0 aliphatic heterocycles. The Hall–Kier alpha value is -1.84. The quantitative estimate of drug-likeness (QED) is 0.692. The second kappa shape index (κ2) is 5.90. The SMILES string of the molecule is CCOc1c(C=O)ccc(C=O)c1OCC. The van der Waals surface area contributed by atoms with Crippen molar-refractivity contribution in [3.05, 3.63) is 23.3 Å². The molecular formula is C12H14O4. The van der Waals surface area contributed by atoms with E-state index in [1.165, 1.54) is 0 Å². The molecule has 1 aromatic rings. The molecule has 0 fully saturated rings. The number of aldehydes is 2. The minimum Gasteiger partial charge on any atom is -0.489 e. The zero-order valence-electron chi connectivity index (χ0n) is 9.36. The van der Waals surface area contributed by atoms with Crippen molar-refractivity contribution in [1.82, 2.24) is 0 Å². The molecule has 0 N–H and O–H groups in total. The van der Waals surface area contributed by atoms with E-state index in [9.17, 15) is 9.59 Å². The van der Waals surface area contributed by atoms with Gasteiger partial charge in [-0.2, -0.15) is 0 Å². The highest BCUT2D eigenvalue weighted by molar-refractivity contribution is 5.88. The zero-order chi connectivity index (χ0) is 12.0. The molecule has 0 heterocycles. The Bertz CT molecular complexity index is 348. The third-order valence-corrected chi connectivity index (χ3v) is 2.00. The van der Waals surface area contributed by atoms with Gasteiger partial charge in [-0.05, 0) is 26.0 Å². The van der Waals surface area contributed by atoms with Crippen LogP contribution in [0.3, 0.4) is 0 Å². The molecule has 16 heavy (non-hydrogen) atoms. The van der Waals surface area contributed by atoms with E-state index in [0.29, 0.717) is 48.4 Å². The fourth-order valence-corrected chi connectivity index (χ4v) is 1.37. The summed E-state index contributed by atoms with van der Waals surface area (Å²) in [5.41, 5.74) is 0.770. The Labute approximate surface area is 94.2 Å². The van der Waals surface area contributed by atoms with E-state index in [1.54, 1.807) is 26.0 Å². The normalized spacial score (nSPS) is 9.62. The van der Waals surface area contributed by atoms with Gasteiger partial charge in [0.1, 0.15) is 0 Å². The number of hydrogen-bond acceptors (Lipinski definition) is 4. The summed E-state index contributed by atoms with van der Waals surface area (Å²) in [6.45, 7) is 4.42. The number of carbonyl (C=O) groups excluding carboxylic acids is 2. The third kappa shape index (κ3) is 2.39. The molecular weight excluding hydrogens is 208 g/mol. The van der Waals surface area contributed by atoms with Gasteiger partial charge >= 0.3 is 0 Å². The highest BCUT2D eigenvalue weighted by Crippen LogP contribution is 2.33. The molecule has 4 nitrogen and oxygen atoms in total. The van der Waals surface area contributed by atoms with Crippen LogP contribution in [-0.4, -0.2) is 25.8 Å². The molecule has 0 bridgehead atoms. The van der Waals surface area contributed by atoms with Crippen molar-refractivity contribution in [3.63, 3.8) is 0 Å². The molecule has 0 spiro atoms. The Balaban J connectivity index is 3.33. The van der Waals surface area contributed by atoms with Crippen LogP contribution in [0.1, 0.15) is 34.6 Å². The van der Waals surface area contributed by atoms with Crippen LogP contribution in [0.2, 0.25) is 0 Å². The molecule has 1 rings (SSSR count). The van der Waals surface area contributed by atoms with Crippen LogP contribution in [0.5, 0.6) is 11.5 Å². The fraction of sp³-hybridized carbons (Fsp3) is 0.333. The molecule has 86 valence electrons. The average molecular weight is 222 g/mol. The first kappa shape index (κ1) is 12.2. The Kier molecular flexibility index (Phi) is 4.51. The van der Waals surface area contributed by atoms with Gasteiger partial charge in [-0.25, -0.2) is 0 Å². The Morgan fingerprint density at radius 2 is 1.31 bits per heavy atom. The van der Waals surface area contributed by atoms with Gasteiger partial charge in [0.2, 0.25) is 0 Å². The van der Waals surface area contributed by atoms with Crippen molar-refractivity contribution >= 4 is 12.6 Å². The molecule has 0 aromatic heterocycles. The summed E-state index contributed by atoms with van der Waals surface area (Å²) in [6.07, 6.45) is 1.37. The summed E-state index contributed by atoms with van der Waals surface area (Å²) in [5.74, 6) is 0.674. The number of hydrogen-bond donors (Lipinski definition) is 0. The maximum Gasteiger partial charge on any atom is 0.172 e. The van der Waals surface area contributed by atoms with Crippen LogP contribution >= 0.6 is 0 Å². The van der Waals surface area contributed by atoms with Gasteiger partial charge in [0.15, 0.2) is 24.1 Å². The van der Waals surface area contributed by atoms with Crippen LogP contribution in [0.15, 0.2) is 12.1 Å². The molecule has 0 radical (unpaired) electrons. The summed E-state index contributed by atoms with van der Waals surface area (Å²) >= 11 is 0. The molecule has 0 atom stereocenters. The second-order valence-corrected chi connectivity index (χ2v) is 3.00. The van der Waals surface area contributed by atoms with Crippen molar-refractivity contribution in [1.29, 1.82) is 0 Å². The Morgan fingerprint density at radius 1 is 0.938 bits per heavy atom. The van der Waals surface area contributed by atoms with Crippen LogP contribution in [0.4, 0.5) is 0 Å². The van der Waals surface area contributed by atoms with Gasteiger partial charge in [-0.1, -0.05) is 0 Å². The molecule has 0 saturated carbocycles. The van der Waals surface area contributed by atoms with Crippen molar-refractivity contribution in [2.75, 3.05) is 13.2 Å². The minimum absolute atomic E-state index is 0.337. The molecule has 0 saturated heterocycles. The van der Waals surface area contributed by atoms with Crippen molar-refractivity contribution in [3.8, 4) is 11.5 Å². The van der Waals surface area contributed by atoms with E-state index in [2.05, 4.69) is 0 Å². The number of carbonyl (C=O) groups is 2. The van der Waals surface area contributed by atoms with Gasteiger partial charge in [0.05, 0.1) is 24.3 Å². The topological polar surface area (TPSA) is 52.6 Å². The predicted molar refractivity (Wildman–Crippen MR) is 59.6 cm³/mol. The van der Waals surface area contributed by atoms with E-state index in [1.807, 2.05) is 0 Å². The summed E-state index contributed by atoms with van der Waals surface area (Å²) in [5, 5.41) is 0. The smallest absolute Gasteiger partial charge is 0.172 e. The molecule has 0 aliphatic rings. The lowest BCUT2D eigenvalue weighted by molar-refractivity contribution is 0.110. The third-order valence-electron chi connectivity index (χ3n) is 2.00.